The number of ether oxygens (including phenoxy) is 3. The lowest BCUT2D eigenvalue weighted by Crippen LogP contribution is -2.31. The number of nitrogens with zero attached hydrogens (tertiary/aromatic N) is 3. The number of aliphatic hydroxyl groups excluding tert-OH is 1. The molecule has 1 saturated heterocycles. The zero-order valence-corrected chi connectivity index (χ0v) is 19.4. The van der Waals surface area contributed by atoms with Gasteiger partial charge in [-0.1, -0.05) is 12.1 Å². The van der Waals surface area contributed by atoms with Gasteiger partial charge in [-0.3, -0.25) is 9.59 Å². The second-order valence-electron chi connectivity index (χ2n) is 8.33. The Kier molecular flexibility index (Phi) is 6.16. The van der Waals surface area contributed by atoms with Crippen molar-refractivity contribution in [3.8, 4) is 11.5 Å². The molecule has 1 amide bonds. The molecule has 1 aromatic heterocycles. The molecule has 2 aliphatic rings. The van der Waals surface area contributed by atoms with E-state index >= 15 is 0 Å². The van der Waals surface area contributed by atoms with Gasteiger partial charge in [0.2, 0.25) is 6.79 Å². The number of aromatic nitrogens is 2. The maximum atomic E-state index is 13.2. The van der Waals surface area contributed by atoms with Gasteiger partial charge in [-0.2, -0.15) is 0 Å². The molecule has 0 aliphatic carbocycles. The third-order valence-electron chi connectivity index (χ3n) is 6.21. The molecular weight excluding hydrogens is 466 g/mol. The van der Waals surface area contributed by atoms with E-state index in [0.29, 0.717) is 41.2 Å². The van der Waals surface area contributed by atoms with E-state index in [9.17, 15) is 19.5 Å². The Labute approximate surface area is 206 Å². The van der Waals surface area contributed by atoms with Crippen molar-refractivity contribution in [1.82, 2.24) is 14.5 Å². The van der Waals surface area contributed by atoms with Crippen molar-refractivity contribution in [2.45, 2.75) is 19.0 Å². The standard InChI is InChI=1S/C26H23N3O7/c1-34-26(33)17-5-3-16(4-6-17)22-21(23(30)18-7-8-19-20(13-18)36-15-35-19)24(31)25(32)29(22)11-2-10-28-12-9-27-14-28/h3-9,12-14,22,30H,2,10-11,15H2,1H3. The number of methoxy groups -OCH3 is 1. The second kappa shape index (κ2) is 9.57. The first-order chi connectivity index (χ1) is 17.5. The number of carbonyl (C=O) groups excluding carboxylic acids is 3. The number of rotatable bonds is 7. The fourth-order valence-corrected chi connectivity index (χ4v) is 4.42. The molecule has 10 heteroatoms. The summed E-state index contributed by atoms with van der Waals surface area (Å²) in [7, 11) is 1.29. The van der Waals surface area contributed by atoms with Crippen molar-refractivity contribution >= 4 is 23.4 Å². The average Bonchev–Trinajstić information content (AvgIpc) is 3.64. The quantitative estimate of drug-likeness (QED) is 0.233. The van der Waals surface area contributed by atoms with E-state index < -0.39 is 23.7 Å². The fourth-order valence-electron chi connectivity index (χ4n) is 4.42. The van der Waals surface area contributed by atoms with E-state index in [1.165, 1.54) is 12.0 Å². The van der Waals surface area contributed by atoms with Gasteiger partial charge in [0, 0.05) is 31.0 Å². The number of esters is 1. The van der Waals surface area contributed by atoms with Crippen molar-refractivity contribution in [3.63, 3.8) is 0 Å². The number of carbonyl (C=O) groups is 3. The van der Waals surface area contributed by atoms with Crippen molar-refractivity contribution in [2.24, 2.45) is 0 Å². The van der Waals surface area contributed by atoms with E-state index in [0.717, 1.165) is 0 Å². The van der Waals surface area contributed by atoms with Crippen LogP contribution in [0, 0.1) is 0 Å². The molecule has 184 valence electrons. The molecule has 1 N–H and O–H groups in total. The first-order valence-electron chi connectivity index (χ1n) is 11.3. The molecule has 2 aromatic carbocycles. The summed E-state index contributed by atoms with van der Waals surface area (Å²) in [6.07, 6.45) is 5.72. The highest BCUT2D eigenvalue weighted by Crippen LogP contribution is 2.41. The number of hydrogen-bond donors (Lipinski definition) is 1. The first kappa shape index (κ1) is 23.2. The molecule has 10 nitrogen and oxygen atoms in total. The molecule has 0 bridgehead atoms. The molecule has 1 atom stereocenters. The van der Waals surface area contributed by atoms with Crippen LogP contribution in [0.1, 0.15) is 33.9 Å². The van der Waals surface area contributed by atoms with Crippen LogP contribution in [0.15, 0.2) is 66.8 Å². The minimum absolute atomic E-state index is 0.0349. The fraction of sp³-hybridized carbons (Fsp3) is 0.231. The van der Waals surface area contributed by atoms with Gasteiger partial charge in [-0.15, -0.1) is 0 Å². The lowest BCUT2D eigenvalue weighted by Gasteiger charge is -2.25. The van der Waals surface area contributed by atoms with E-state index in [1.54, 1.807) is 55.0 Å². The Morgan fingerprint density at radius 1 is 1.08 bits per heavy atom. The van der Waals surface area contributed by atoms with Gasteiger partial charge in [-0.25, -0.2) is 9.78 Å². The zero-order chi connectivity index (χ0) is 25.2. The first-order valence-corrected chi connectivity index (χ1v) is 11.3. The zero-order valence-electron chi connectivity index (χ0n) is 19.4. The summed E-state index contributed by atoms with van der Waals surface area (Å²) in [6, 6.07) is 10.4. The number of aliphatic hydroxyl groups is 1. The maximum Gasteiger partial charge on any atom is 0.337 e. The molecule has 0 radical (unpaired) electrons. The van der Waals surface area contributed by atoms with Crippen LogP contribution in [-0.2, 0) is 20.9 Å². The predicted molar refractivity (Wildman–Crippen MR) is 126 cm³/mol. The monoisotopic (exact) mass is 489 g/mol. The Hall–Kier alpha value is -4.60. The molecule has 0 spiro atoms. The average molecular weight is 489 g/mol. The molecule has 3 aromatic rings. The number of Topliss-reactive ketones (excluding diaryl/α,β-unsaturated/α-hetero) is 1. The molecule has 3 heterocycles. The number of benzene rings is 2. The van der Waals surface area contributed by atoms with Crippen LogP contribution < -0.4 is 9.47 Å². The Balaban J connectivity index is 1.53. The largest absolute Gasteiger partial charge is 0.507 e. The van der Waals surface area contributed by atoms with Crippen molar-refractivity contribution in [1.29, 1.82) is 0 Å². The van der Waals surface area contributed by atoms with Crippen LogP contribution in [0.3, 0.4) is 0 Å². The van der Waals surface area contributed by atoms with Gasteiger partial charge >= 0.3 is 5.97 Å². The number of ketones is 1. The van der Waals surface area contributed by atoms with Crippen molar-refractivity contribution in [3.05, 3.63) is 83.4 Å². The lowest BCUT2D eigenvalue weighted by molar-refractivity contribution is -0.139. The topological polar surface area (TPSA) is 120 Å². The summed E-state index contributed by atoms with van der Waals surface area (Å²) < 4.78 is 17.4. The van der Waals surface area contributed by atoms with E-state index in [-0.39, 0.29) is 24.7 Å². The van der Waals surface area contributed by atoms with Crippen molar-refractivity contribution in [2.75, 3.05) is 20.4 Å². The number of imidazole rings is 1. The molecule has 0 saturated carbocycles. The summed E-state index contributed by atoms with van der Waals surface area (Å²) >= 11 is 0. The Morgan fingerprint density at radius 2 is 1.83 bits per heavy atom. The smallest absolute Gasteiger partial charge is 0.337 e. The van der Waals surface area contributed by atoms with Gasteiger partial charge in [0.25, 0.3) is 11.7 Å². The van der Waals surface area contributed by atoms with Crippen molar-refractivity contribution < 1.29 is 33.7 Å². The maximum absolute atomic E-state index is 13.2. The molecule has 5 rings (SSSR count). The Morgan fingerprint density at radius 3 is 2.56 bits per heavy atom. The molecule has 2 aliphatic heterocycles. The third-order valence-corrected chi connectivity index (χ3v) is 6.21. The number of hydrogen-bond acceptors (Lipinski definition) is 8. The second-order valence-corrected chi connectivity index (χ2v) is 8.33. The lowest BCUT2D eigenvalue weighted by atomic mass is 9.94. The SMILES string of the molecule is COC(=O)c1ccc(C2C(=C(O)c3ccc4c(c3)OCO4)C(=O)C(=O)N2CCCn2ccnc2)cc1. The van der Waals surface area contributed by atoms with Crippen LogP contribution in [0.25, 0.3) is 5.76 Å². The van der Waals surface area contributed by atoms with E-state index in [2.05, 4.69) is 4.98 Å². The van der Waals surface area contributed by atoms with Gasteiger partial charge in [-0.05, 0) is 42.3 Å². The molecule has 1 unspecified atom stereocenters. The van der Waals surface area contributed by atoms with Gasteiger partial charge in [0.05, 0.1) is 30.6 Å². The molecular formula is C26H23N3O7. The number of amides is 1. The number of likely N-dealkylation sites (tertiary alicyclic amines) is 1. The third kappa shape index (κ3) is 4.17. The van der Waals surface area contributed by atoms with E-state index in [1.807, 2.05) is 10.8 Å². The minimum atomic E-state index is -0.843. The summed E-state index contributed by atoms with van der Waals surface area (Å²) in [5.74, 6) is -1.34. The summed E-state index contributed by atoms with van der Waals surface area (Å²) in [6.45, 7) is 0.927. The Bertz CT molecular complexity index is 1350. The highest BCUT2D eigenvalue weighted by atomic mass is 16.7. The normalized spacial score (nSPS) is 18.0. The molecule has 36 heavy (non-hydrogen) atoms. The number of aryl methyl sites for hydroxylation is 1. The summed E-state index contributed by atoms with van der Waals surface area (Å²) in [4.78, 5) is 43.7. The van der Waals surface area contributed by atoms with Crippen LogP contribution in [0.2, 0.25) is 0 Å². The minimum Gasteiger partial charge on any atom is -0.507 e. The highest BCUT2D eigenvalue weighted by molar-refractivity contribution is 6.46. The molecule has 1 fully saturated rings. The predicted octanol–water partition coefficient (Wildman–Crippen LogP) is 2.91. The number of fused-ring (bicyclic) bond motifs is 1. The van der Waals surface area contributed by atoms with Crippen LogP contribution >= 0.6 is 0 Å². The highest BCUT2D eigenvalue weighted by Gasteiger charge is 2.46. The van der Waals surface area contributed by atoms with E-state index in [4.69, 9.17) is 14.2 Å². The summed E-state index contributed by atoms with van der Waals surface area (Å²) in [5, 5.41) is 11.2. The van der Waals surface area contributed by atoms with Gasteiger partial charge < -0.3 is 28.8 Å². The van der Waals surface area contributed by atoms with Gasteiger partial charge in [0.1, 0.15) is 5.76 Å². The summed E-state index contributed by atoms with van der Waals surface area (Å²) in [5.41, 5.74) is 1.19. The van der Waals surface area contributed by atoms with Crippen LogP contribution in [-0.4, -0.2) is 57.7 Å². The van der Waals surface area contributed by atoms with Gasteiger partial charge in [0.15, 0.2) is 11.5 Å². The van der Waals surface area contributed by atoms with Crippen LogP contribution in [0.5, 0.6) is 11.5 Å². The van der Waals surface area contributed by atoms with Crippen LogP contribution in [0.4, 0.5) is 0 Å².